The van der Waals surface area contributed by atoms with Crippen molar-refractivity contribution >= 4 is 61.6 Å². The van der Waals surface area contributed by atoms with Crippen LogP contribution in [0.1, 0.15) is 30.9 Å². The van der Waals surface area contributed by atoms with Gasteiger partial charge < -0.3 is 25.2 Å². The third-order valence-corrected chi connectivity index (χ3v) is 10.8. The number of aromatic nitrogens is 4. The lowest BCUT2D eigenvalue weighted by atomic mass is 10.0. The number of fused-ring (bicyclic) bond motifs is 1. The molecule has 0 bridgehead atoms. The van der Waals surface area contributed by atoms with Crippen molar-refractivity contribution in [3.63, 3.8) is 0 Å². The Balaban J connectivity index is 1.26. The van der Waals surface area contributed by atoms with E-state index in [1.54, 1.807) is 37.7 Å². The van der Waals surface area contributed by atoms with Gasteiger partial charge in [0.05, 0.1) is 30.3 Å². The van der Waals surface area contributed by atoms with Gasteiger partial charge in [0.15, 0.2) is 0 Å². The number of sulfonamides is 1. The molecule has 0 amide bonds. The number of methoxy groups -OCH3 is 1. The summed E-state index contributed by atoms with van der Waals surface area (Å²) in [5.41, 5.74) is 5.63. The minimum absolute atomic E-state index is 0.339. The summed E-state index contributed by atoms with van der Waals surface area (Å²) in [6, 6.07) is 8.47. The van der Waals surface area contributed by atoms with Crippen molar-refractivity contribution in [3.05, 3.63) is 60.6 Å². The summed E-state index contributed by atoms with van der Waals surface area (Å²) in [4.78, 5) is 25.7. The van der Waals surface area contributed by atoms with Gasteiger partial charge in [-0.3, -0.25) is 19.2 Å². The van der Waals surface area contributed by atoms with Gasteiger partial charge in [0.25, 0.3) is 0 Å². The first-order valence-corrected chi connectivity index (χ1v) is 18.5. The maximum Gasteiger partial charge on any atom is 0.232 e. The van der Waals surface area contributed by atoms with Crippen molar-refractivity contribution in [1.82, 2.24) is 29.7 Å². The summed E-state index contributed by atoms with van der Waals surface area (Å²) in [5, 5.41) is 6.69. The van der Waals surface area contributed by atoms with Gasteiger partial charge in [0, 0.05) is 75.2 Å². The lowest BCUT2D eigenvalue weighted by Gasteiger charge is -2.43. The minimum atomic E-state index is -3.62. The summed E-state index contributed by atoms with van der Waals surface area (Å²) in [7, 11) is 1.75. The molecule has 2 aromatic heterocycles. The number of ether oxygens (including phenoxy) is 1. The molecular weight excluding hydrogens is 641 g/mol. The predicted molar refractivity (Wildman–Crippen MR) is 198 cm³/mol. The average molecular weight is 687 g/mol. The van der Waals surface area contributed by atoms with Gasteiger partial charge in [0.1, 0.15) is 22.8 Å². The van der Waals surface area contributed by atoms with Crippen LogP contribution in [0.25, 0.3) is 17.1 Å². The van der Waals surface area contributed by atoms with Crippen LogP contribution in [0.5, 0.6) is 5.75 Å². The standard InChI is InChI=1S/C35H46N10O3S/c1-7-24-21-29(31(48-5)22-30(24)45-19-17-44(18-20-45)26-11-15-42(3)16-12-26)40-35-38-23-25(8-2)34(41-35)39-28-10-9-27-32(37-14-13-36-27)33(28)43(4)49(6,46)47/h8-10,13-14,21-23,26H,2,7,11-12,15-20H2,1,3-6H3,(H2,38,39,40,41). The second-order valence-corrected chi connectivity index (χ2v) is 14.7. The Bertz CT molecular complexity index is 1920. The van der Waals surface area contributed by atoms with Crippen LogP contribution < -0.4 is 24.6 Å². The molecule has 2 aliphatic rings. The summed E-state index contributed by atoms with van der Waals surface area (Å²) in [6.07, 6.45) is 10.9. The normalized spacial score (nSPS) is 16.5. The summed E-state index contributed by atoms with van der Waals surface area (Å²) < 4.78 is 32.4. The highest BCUT2D eigenvalue weighted by Crippen LogP contribution is 2.38. The minimum Gasteiger partial charge on any atom is -0.494 e. The number of nitrogens with one attached hydrogen (secondary N) is 2. The zero-order valence-electron chi connectivity index (χ0n) is 29.0. The van der Waals surface area contributed by atoms with Gasteiger partial charge in [0.2, 0.25) is 16.0 Å². The highest BCUT2D eigenvalue weighted by atomic mass is 32.2. The van der Waals surface area contributed by atoms with Crippen molar-refractivity contribution in [2.45, 2.75) is 32.2 Å². The van der Waals surface area contributed by atoms with Crippen molar-refractivity contribution in [2.75, 3.05) is 86.6 Å². The van der Waals surface area contributed by atoms with E-state index in [2.05, 4.69) is 73.0 Å². The van der Waals surface area contributed by atoms with E-state index >= 15 is 0 Å². The Kier molecular flexibility index (Phi) is 10.2. The molecule has 0 aliphatic carbocycles. The van der Waals surface area contributed by atoms with E-state index in [1.165, 1.54) is 54.7 Å². The fourth-order valence-corrected chi connectivity index (χ4v) is 7.22. The van der Waals surface area contributed by atoms with Crippen LogP contribution in [0.2, 0.25) is 0 Å². The number of hydrogen-bond donors (Lipinski definition) is 2. The molecule has 2 aliphatic heterocycles. The van der Waals surface area contributed by atoms with E-state index in [9.17, 15) is 8.42 Å². The molecule has 2 N–H and O–H groups in total. The van der Waals surface area contributed by atoms with E-state index in [4.69, 9.17) is 9.72 Å². The molecular formula is C35H46N10O3S. The largest absolute Gasteiger partial charge is 0.494 e. The van der Waals surface area contributed by atoms with Crippen molar-refractivity contribution in [1.29, 1.82) is 0 Å². The Labute approximate surface area is 289 Å². The number of likely N-dealkylation sites (tertiary alicyclic amines) is 1. The second-order valence-electron chi connectivity index (χ2n) is 12.7. The Hall–Kier alpha value is -4.53. The number of benzene rings is 2. The smallest absolute Gasteiger partial charge is 0.232 e. The molecule has 14 heteroatoms. The first-order valence-electron chi connectivity index (χ1n) is 16.7. The summed E-state index contributed by atoms with van der Waals surface area (Å²) >= 11 is 0. The van der Waals surface area contributed by atoms with Crippen LogP contribution >= 0.6 is 0 Å². The lowest BCUT2D eigenvalue weighted by molar-refractivity contribution is 0.115. The van der Waals surface area contributed by atoms with E-state index in [-0.39, 0.29) is 0 Å². The number of piperazine rings is 1. The Morgan fingerprint density at radius 2 is 1.76 bits per heavy atom. The molecule has 49 heavy (non-hydrogen) atoms. The molecule has 6 rings (SSSR count). The Morgan fingerprint density at radius 3 is 2.43 bits per heavy atom. The predicted octanol–water partition coefficient (Wildman–Crippen LogP) is 4.73. The molecule has 2 saturated heterocycles. The van der Waals surface area contributed by atoms with Crippen molar-refractivity contribution < 1.29 is 13.2 Å². The molecule has 2 aromatic carbocycles. The maximum atomic E-state index is 12.7. The molecule has 4 aromatic rings. The van der Waals surface area contributed by atoms with Gasteiger partial charge in [-0.25, -0.2) is 13.4 Å². The van der Waals surface area contributed by atoms with Gasteiger partial charge in [-0.15, -0.1) is 0 Å². The topological polar surface area (TPSA) is 132 Å². The van der Waals surface area contributed by atoms with Crippen LogP contribution in [-0.4, -0.2) is 111 Å². The first kappa shape index (κ1) is 34.3. The molecule has 2 fully saturated rings. The van der Waals surface area contributed by atoms with Gasteiger partial charge in [-0.05, 0) is 63.2 Å². The molecule has 0 radical (unpaired) electrons. The van der Waals surface area contributed by atoms with Crippen LogP contribution in [0.3, 0.4) is 0 Å². The van der Waals surface area contributed by atoms with Crippen molar-refractivity contribution in [3.8, 4) is 5.75 Å². The average Bonchev–Trinajstić information content (AvgIpc) is 3.11. The number of nitrogens with zero attached hydrogens (tertiary/aromatic N) is 8. The summed E-state index contributed by atoms with van der Waals surface area (Å²) in [6.45, 7) is 12.5. The number of anilines is 6. The monoisotopic (exact) mass is 686 g/mol. The first-order chi connectivity index (χ1) is 23.6. The van der Waals surface area contributed by atoms with E-state index in [0.717, 1.165) is 44.5 Å². The SMILES string of the molecule is C=Cc1cnc(Nc2cc(CC)c(N3CCN(C4CCN(C)CC4)CC3)cc2OC)nc1Nc1ccc2nccnc2c1N(C)S(C)(=O)=O. The fraction of sp³-hybridized carbons (Fsp3) is 0.429. The third kappa shape index (κ3) is 7.41. The molecule has 0 saturated carbocycles. The molecule has 0 atom stereocenters. The second kappa shape index (κ2) is 14.5. The van der Waals surface area contributed by atoms with E-state index in [1.807, 2.05) is 0 Å². The Morgan fingerprint density at radius 1 is 1.02 bits per heavy atom. The lowest BCUT2D eigenvalue weighted by Crippen LogP contribution is -2.53. The quantitative estimate of drug-likeness (QED) is 0.226. The van der Waals surface area contributed by atoms with Gasteiger partial charge in [-0.1, -0.05) is 19.6 Å². The van der Waals surface area contributed by atoms with E-state index in [0.29, 0.717) is 51.5 Å². The maximum absolute atomic E-state index is 12.7. The fourth-order valence-electron chi connectivity index (χ4n) is 6.70. The number of piperidine rings is 1. The number of hydrogen-bond acceptors (Lipinski definition) is 12. The zero-order valence-corrected chi connectivity index (χ0v) is 29.8. The molecule has 4 heterocycles. The molecule has 0 spiro atoms. The molecule has 13 nitrogen and oxygen atoms in total. The van der Waals surface area contributed by atoms with Crippen LogP contribution in [0.4, 0.5) is 34.5 Å². The zero-order chi connectivity index (χ0) is 34.7. The van der Waals surface area contributed by atoms with E-state index < -0.39 is 10.0 Å². The molecule has 260 valence electrons. The third-order valence-electron chi connectivity index (χ3n) is 9.60. The summed E-state index contributed by atoms with van der Waals surface area (Å²) in [5.74, 6) is 1.47. The number of aryl methyl sites for hydroxylation is 1. The molecule has 0 unspecified atom stereocenters. The van der Waals surface area contributed by atoms with Gasteiger partial charge >= 0.3 is 0 Å². The van der Waals surface area contributed by atoms with Crippen LogP contribution in [-0.2, 0) is 16.4 Å². The van der Waals surface area contributed by atoms with Crippen LogP contribution in [0, 0.1) is 0 Å². The highest BCUT2D eigenvalue weighted by molar-refractivity contribution is 7.92. The highest BCUT2D eigenvalue weighted by Gasteiger charge is 2.28. The number of rotatable bonds is 11. The van der Waals surface area contributed by atoms with Gasteiger partial charge in [-0.2, -0.15) is 4.98 Å². The van der Waals surface area contributed by atoms with Crippen LogP contribution in [0.15, 0.2) is 49.4 Å². The van der Waals surface area contributed by atoms with Crippen molar-refractivity contribution in [2.24, 2.45) is 0 Å².